The van der Waals surface area contributed by atoms with Crippen molar-refractivity contribution >= 4 is 11.0 Å². The second-order valence-electron chi connectivity index (χ2n) is 10.1. The number of fused-ring (bicyclic) bond motifs is 1. The lowest BCUT2D eigenvalue weighted by molar-refractivity contribution is -0.350. The molecule has 228 valence electrons. The van der Waals surface area contributed by atoms with Crippen LogP contribution in [0.25, 0.3) is 22.3 Å². The summed E-state index contributed by atoms with van der Waals surface area (Å²) >= 11 is 0. The predicted molar refractivity (Wildman–Crippen MR) is 142 cm³/mol. The largest absolute Gasteiger partial charge is 0.504 e. The number of rotatable bonds is 7. The number of ether oxygens (including phenoxy) is 5. The van der Waals surface area contributed by atoms with E-state index in [9.17, 15) is 40.5 Å². The molecule has 0 amide bonds. The Labute approximate surface area is 238 Å². The minimum atomic E-state index is -1.79. The maximum atomic E-state index is 12.9. The maximum Gasteiger partial charge on any atom is 0.229 e. The van der Waals surface area contributed by atoms with Crippen LogP contribution in [0.4, 0.5) is 0 Å². The van der Waals surface area contributed by atoms with Crippen molar-refractivity contribution in [1.82, 2.24) is 0 Å². The van der Waals surface area contributed by atoms with E-state index in [4.69, 9.17) is 28.1 Å². The molecule has 10 unspecified atom stereocenters. The Morgan fingerprint density at radius 1 is 0.881 bits per heavy atom. The summed E-state index contributed by atoms with van der Waals surface area (Å²) in [7, 11) is 1.23. The van der Waals surface area contributed by atoms with Crippen molar-refractivity contribution in [2.45, 2.75) is 68.3 Å². The Bertz CT molecular complexity index is 1440. The van der Waals surface area contributed by atoms with E-state index in [2.05, 4.69) is 0 Å². The summed E-state index contributed by atoms with van der Waals surface area (Å²) in [6, 6.07) is 11.3. The van der Waals surface area contributed by atoms with Gasteiger partial charge >= 0.3 is 0 Å². The maximum absolute atomic E-state index is 12.9. The van der Waals surface area contributed by atoms with Crippen LogP contribution in [0.3, 0.4) is 0 Å². The van der Waals surface area contributed by atoms with Crippen LogP contribution in [0.5, 0.6) is 17.2 Å². The van der Waals surface area contributed by atoms with E-state index in [0.29, 0.717) is 5.56 Å². The number of aromatic hydroxyl groups is 1. The molecule has 0 saturated carbocycles. The number of benzene rings is 2. The van der Waals surface area contributed by atoms with Crippen LogP contribution >= 0.6 is 0 Å². The van der Waals surface area contributed by atoms with Gasteiger partial charge in [-0.3, -0.25) is 4.79 Å². The number of phenolic OH excluding ortho intramolecular Hbond substituents is 1. The topological polar surface area (TPSA) is 218 Å². The molecule has 0 spiro atoms. The van der Waals surface area contributed by atoms with Gasteiger partial charge in [-0.05, 0) is 6.92 Å². The van der Waals surface area contributed by atoms with Crippen molar-refractivity contribution in [3.8, 4) is 28.6 Å². The Morgan fingerprint density at radius 3 is 2.26 bits per heavy atom. The molecule has 2 aliphatic rings. The Morgan fingerprint density at radius 2 is 1.60 bits per heavy atom. The van der Waals surface area contributed by atoms with Crippen LogP contribution in [0.1, 0.15) is 6.92 Å². The van der Waals surface area contributed by atoms with Gasteiger partial charge in [0.15, 0.2) is 23.2 Å². The van der Waals surface area contributed by atoms with E-state index in [1.54, 1.807) is 30.3 Å². The summed E-state index contributed by atoms with van der Waals surface area (Å²) in [5.41, 5.74) is 0.00889. The van der Waals surface area contributed by atoms with Crippen molar-refractivity contribution in [3.05, 3.63) is 52.7 Å². The van der Waals surface area contributed by atoms with Gasteiger partial charge in [-0.15, -0.1) is 0 Å². The second kappa shape index (κ2) is 12.1. The van der Waals surface area contributed by atoms with Gasteiger partial charge in [0.1, 0.15) is 59.5 Å². The van der Waals surface area contributed by atoms with E-state index >= 15 is 0 Å². The molecule has 2 fully saturated rings. The molecule has 3 heterocycles. The molecule has 3 aromatic rings. The number of phenols is 1. The molecule has 14 nitrogen and oxygen atoms in total. The van der Waals surface area contributed by atoms with Gasteiger partial charge in [0.05, 0.1) is 19.8 Å². The zero-order valence-corrected chi connectivity index (χ0v) is 22.5. The average Bonchev–Trinajstić information content (AvgIpc) is 2.98. The minimum absolute atomic E-state index is 0.0536. The van der Waals surface area contributed by atoms with Gasteiger partial charge in [0.25, 0.3) is 0 Å². The highest BCUT2D eigenvalue weighted by atomic mass is 16.7. The molecule has 2 aliphatic heterocycles. The Kier molecular flexibility index (Phi) is 8.71. The smallest absolute Gasteiger partial charge is 0.229 e. The van der Waals surface area contributed by atoms with Gasteiger partial charge in [-0.1, -0.05) is 30.3 Å². The molecule has 0 radical (unpaired) electrons. The highest BCUT2D eigenvalue weighted by Gasteiger charge is 2.50. The van der Waals surface area contributed by atoms with Crippen LogP contribution in [0.15, 0.2) is 51.7 Å². The lowest BCUT2D eigenvalue weighted by Crippen LogP contribution is -2.64. The first-order valence-electron chi connectivity index (χ1n) is 13.1. The third-order valence-electron chi connectivity index (χ3n) is 7.34. The SMILES string of the molecule is COc1c(OC2OC(C)C(O)C(OC3OC(CO)C(O)C(O)C3O)C2O)cc2oc(-c3ccccc3)cc(=O)c2c1O. The molecular weight excluding hydrogens is 560 g/mol. The van der Waals surface area contributed by atoms with Crippen molar-refractivity contribution in [3.63, 3.8) is 0 Å². The van der Waals surface area contributed by atoms with Crippen LogP contribution in [0, 0.1) is 0 Å². The summed E-state index contributed by atoms with van der Waals surface area (Å²) in [6.45, 7) is 0.746. The van der Waals surface area contributed by atoms with Crippen LogP contribution in [-0.4, -0.2) is 111 Å². The quantitative estimate of drug-likeness (QED) is 0.179. The first-order chi connectivity index (χ1) is 20.0. The van der Waals surface area contributed by atoms with E-state index < -0.39 is 79.2 Å². The number of aliphatic hydroxyl groups excluding tert-OH is 6. The first-order valence-corrected chi connectivity index (χ1v) is 13.1. The fourth-order valence-electron chi connectivity index (χ4n) is 5.01. The van der Waals surface area contributed by atoms with Gasteiger partial charge in [-0.2, -0.15) is 0 Å². The molecule has 2 aromatic carbocycles. The van der Waals surface area contributed by atoms with E-state index in [-0.39, 0.29) is 28.2 Å². The summed E-state index contributed by atoms with van der Waals surface area (Å²) in [5, 5.41) is 72.5. The lowest BCUT2D eigenvalue weighted by Gasteiger charge is -2.45. The molecule has 0 aliphatic carbocycles. The molecule has 14 heteroatoms. The van der Waals surface area contributed by atoms with Crippen molar-refractivity contribution in [2.24, 2.45) is 0 Å². The summed E-state index contributed by atoms with van der Waals surface area (Å²) in [4.78, 5) is 12.9. The monoisotopic (exact) mass is 592 g/mol. The molecule has 42 heavy (non-hydrogen) atoms. The number of hydrogen-bond donors (Lipinski definition) is 7. The molecule has 10 atom stereocenters. The van der Waals surface area contributed by atoms with Gasteiger partial charge in [0, 0.05) is 17.7 Å². The minimum Gasteiger partial charge on any atom is -0.504 e. The van der Waals surface area contributed by atoms with E-state index in [1.807, 2.05) is 0 Å². The average molecular weight is 593 g/mol. The summed E-state index contributed by atoms with van der Waals surface area (Å²) in [5.74, 6) is -0.800. The van der Waals surface area contributed by atoms with Crippen LogP contribution < -0.4 is 14.9 Å². The zero-order valence-electron chi connectivity index (χ0n) is 22.5. The fourth-order valence-corrected chi connectivity index (χ4v) is 5.01. The number of aliphatic hydroxyl groups is 6. The molecule has 1 aromatic heterocycles. The molecule has 0 bridgehead atoms. The third kappa shape index (κ3) is 5.44. The van der Waals surface area contributed by atoms with Crippen molar-refractivity contribution in [2.75, 3.05) is 13.7 Å². The predicted octanol–water partition coefficient (Wildman–Crippen LogP) is -0.795. The number of methoxy groups -OCH3 is 1. The highest BCUT2D eigenvalue weighted by Crippen LogP contribution is 2.43. The molecule has 2 saturated heterocycles. The van der Waals surface area contributed by atoms with Crippen LogP contribution in [0.2, 0.25) is 0 Å². The molecule has 7 N–H and O–H groups in total. The summed E-state index contributed by atoms with van der Waals surface area (Å²) < 4.78 is 33.7. The lowest BCUT2D eigenvalue weighted by atomic mass is 9.97. The highest BCUT2D eigenvalue weighted by molar-refractivity contribution is 5.89. The van der Waals surface area contributed by atoms with Crippen molar-refractivity contribution < 1.29 is 63.8 Å². The van der Waals surface area contributed by atoms with E-state index in [1.165, 1.54) is 26.2 Å². The number of hydrogen-bond acceptors (Lipinski definition) is 14. The molecule has 5 rings (SSSR count). The zero-order chi connectivity index (χ0) is 30.3. The normalized spacial score (nSPS) is 33.4. The van der Waals surface area contributed by atoms with Gasteiger partial charge < -0.3 is 63.8 Å². The second-order valence-corrected chi connectivity index (χ2v) is 10.1. The third-order valence-corrected chi connectivity index (χ3v) is 7.34. The van der Waals surface area contributed by atoms with Gasteiger partial charge in [-0.25, -0.2) is 0 Å². The van der Waals surface area contributed by atoms with Gasteiger partial charge in [0.2, 0.25) is 12.0 Å². The molecular formula is C28H32O14. The summed E-state index contributed by atoms with van der Waals surface area (Å²) in [6.07, 6.45) is -15.5. The Hall–Kier alpha value is -3.31. The Balaban J connectivity index is 1.46. The first kappa shape index (κ1) is 30.2. The van der Waals surface area contributed by atoms with Crippen molar-refractivity contribution in [1.29, 1.82) is 0 Å². The van der Waals surface area contributed by atoms with E-state index in [0.717, 1.165) is 0 Å². The van der Waals surface area contributed by atoms with Crippen LogP contribution in [-0.2, 0) is 14.2 Å². The standard InChI is InChI=1S/C28H32O14/c1-11-19(31)26(42-27-23(35)22(34)20(32)17(10-29)41-27)24(36)28(38-11)40-16-9-15-18(21(33)25(16)37-2)13(30)8-14(39-15)12-6-4-3-5-7-12/h3-9,11,17,19-20,22-24,26-29,31-36H,10H2,1-2H3. The fraction of sp³-hybridized carbons (Fsp3) is 0.464.